The van der Waals surface area contributed by atoms with Crippen molar-refractivity contribution in [2.24, 2.45) is 0 Å². The number of rotatable bonds is 8. The van der Waals surface area contributed by atoms with E-state index in [2.05, 4.69) is 5.32 Å². The number of ether oxygens (including phenoxy) is 1. The summed E-state index contributed by atoms with van der Waals surface area (Å²) >= 11 is 0. The lowest BCUT2D eigenvalue weighted by Crippen LogP contribution is -2.33. The molecule has 5 nitrogen and oxygen atoms in total. The summed E-state index contributed by atoms with van der Waals surface area (Å²) in [5.41, 5.74) is -0.706. The zero-order valence-electron chi connectivity index (χ0n) is 13.1. The molecule has 1 unspecified atom stereocenters. The highest BCUT2D eigenvalue weighted by molar-refractivity contribution is 5.90. The SMILES string of the molecule is COCC(O)CN(C)CCC(=O)Nc1cccc(C(F)(F)F)c1. The molecule has 0 aliphatic rings. The summed E-state index contributed by atoms with van der Waals surface area (Å²) < 4.78 is 42.6. The second-order valence-electron chi connectivity index (χ2n) is 5.25. The summed E-state index contributed by atoms with van der Waals surface area (Å²) in [6.45, 7) is 0.900. The van der Waals surface area contributed by atoms with Crippen molar-refractivity contribution in [3.05, 3.63) is 29.8 Å². The van der Waals surface area contributed by atoms with Gasteiger partial charge in [-0.25, -0.2) is 0 Å². The van der Waals surface area contributed by atoms with Crippen molar-refractivity contribution >= 4 is 11.6 Å². The monoisotopic (exact) mass is 334 g/mol. The predicted octanol–water partition coefficient (Wildman–Crippen LogP) is 1.97. The number of aliphatic hydroxyl groups is 1. The van der Waals surface area contributed by atoms with Crippen LogP contribution in [0, 0.1) is 0 Å². The standard InChI is InChI=1S/C15H21F3N2O3/c1-20(9-13(21)10-23-2)7-6-14(22)19-12-5-3-4-11(8-12)15(16,17)18/h3-5,8,13,21H,6-7,9-10H2,1-2H3,(H,19,22). The lowest BCUT2D eigenvalue weighted by atomic mass is 10.2. The molecule has 0 aliphatic carbocycles. The third kappa shape index (κ3) is 7.45. The van der Waals surface area contributed by atoms with E-state index in [4.69, 9.17) is 4.74 Å². The number of likely N-dealkylation sites (N-methyl/N-ethyl adjacent to an activating group) is 1. The highest BCUT2D eigenvalue weighted by Crippen LogP contribution is 2.30. The molecule has 0 aliphatic heterocycles. The Morgan fingerprint density at radius 1 is 1.43 bits per heavy atom. The number of benzene rings is 1. The average Bonchev–Trinajstić information content (AvgIpc) is 2.45. The van der Waals surface area contributed by atoms with Gasteiger partial charge >= 0.3 is 6.18 Å². The molecular weight excluding hydrogens is 313 g/mol. The van der Waals surface area contributed by atoms with Gasteiger partial charge in [0.1, 0.15) is 0 Å². The van der Waals surface area contributed by atoms with Crippen LogP contribution in [0.25, 0.3) is 0 Å². The Bertz CT molecular complexity index is 509. The van der Waals surface area contributed by atoms with E-state index in [1.54, 1.807) is 11.9 Å². The topological polar surface area (TPSA) is 61.8 Å². The van der Waals surface area contributed by atoms with Crippen LogP contribution in [0.15, 0.2) is 24.3 Å². The van der Waals surface area contributed by atoms with Crippen molar-refractivity contribution in [3.8, 4) is 0 Å². The van der Waals surface area contributed by atoms with Crippen molar-refractivity contribution in [1.29, 1.82) is 0 Å². The van der Waals surface area contributed by atoms with Crippen LogP contribution in [-0.4, -0.2) is 55.9 Å². The lowest BCUT2D eigenvalue weighted by molar-refractivity contribution is -0.137. The predicted molar refractivity (Wildman–Crippen MR) is 80.1 cm³/mol. The van der Waals surface area contributed by atoms with Crippen molar-refractivity contribution in [3.63, 3.8) is 0 Å². The molecule has 1 amide bonds. The Labute approximate surface area is 133 Å². The number of anilines is 1. The number of aliphatic hydroxyl groups excluding tert-OH is 1. The molecule has 0 fully saturated rings. The normalized spacial score (nSPS) is 13.2. The van der Waals surface area contributed by atoms with Crippen LogP contribution in [0.4, 0.5) is 18.9 Å². The number of hydrogen-bond donors (Lipinski definition) is 2. The van der Waals surface area contributed by atoms with E-state index in [9.17, 15) is 23.1 Å². The molecule has 0 aromatic heterocycles. The van der Waals surface area contributed by atoms with Crippen molar-refractivity contribution < 1.29 is 27.8 Å². The fourth-order valence-electron chi connectivity index (χ4n) is 1.99. The van der Waals surface area contributed by atoms with Gasteiger partial charge in [-0.05, 0) is 25.2 Å². The summed E-state index contributed by atoms with van der Waals surface area (Å²) in [6.07, 6.45) is -5.00. The molecule has 130 valence electrons. The summed E-state index contributed by atoms with van der Waals surface area (Å²) in [5.74, 6) is -0.391. The molecule has 1 aromatic rings. The Morgan fingerprint density at radius 3 is 2.74 bits per heavy atom. The van der Waals surface area contributed by atoms with Crippen LogP contribution in [0.3, 0.4) is 0 Å². The van der Waals surface area contributed by atoms with Crippen molar-refractivity contribution in [2.45, 2.75) is 18.7 Å². The Morgan fingerprint density at radius 2 is 2.13 bits per heavy atom. The van der Waals surface area contributed by atoms with Crippen molar-refractivity contribution in [2.75, 3.05) is 39.2 Å². The summed E-state index contributed by atoms with van der Waals surface area (Å²) in [5, 5.41) is 12.0. The van der Waals surface area contributed by atoms with E-state index in [1.807, 2.05) is 0 Å². The summed E-state index contributed by atoms with van der Waals surface area (Å²) in [6, 6.07) is 4.48. The van der Waals surface area contributed by atoms with Crippen LogP contribution in [-0.2, 0) is 15.7 Å². The van der Waals surface area contributed by atoms with Crippen LogP contribution in [0.5, 0.6) is 0 Å². The first kappa shape index (κ1) is 19.4. The Kier molecular flexibility index (Phi) is 7.47. The zero-order valence-corrected chi connectivity index (χ0v) is 13.1. The first-order valence-electron chi connectivity index (χ1n) is 7.05. The van der Waals surface area contributed by atoms with E-state index in [0.717, 1.165) is 12.1 Å². The molecule has 1 rings (SSSR count). The van der Waals surface area contributed by atoms with Crippen molar-refractivity contribution in [1.82, 2.24) is 4.90 Å². The first-order chi connectivity index (χ1) is 10.7. The fourth-order valence-corrected chi connectivity index (χ4v) is 1.99. The van der Waals surface area contributed by atoms with E-state index in [1.165, 1.54) is 19.2 Å². The van der Waals surface area contributed by atoms with Crippen LogP contribution >= 0.6 is 0 Å². The molecule has 2 N–H and O–H groups in total. The van der Waals surface area contributed by atoms with Gasteiger partial charge in [0, 0.05) is 32.3 Å². The number of carbonyl (C=O) groups excluding carboxylic acids is 1. The van der Waals surface area contributed by atoms with E-state index in [-0.39, 0.29) is 18.7 Å². The summed E-state index contributed by atoms with van der Waals surface area (Å²) in [7, 11) is 3.21. The van der Waals surface area contributed by atoms with E-state index in [0.29, 0.717) is 13.1 Å². The minimum absolute atomic E-state index is 0.104. The van der Waals surface area contributed by atoms with Crippen LogP contribution < -0.4 is 5.32 Å². The van der Waals surface area contributed by atoms with Gasteiger partial charge in [0.05, 0.1) is 18.3 Å². The molecule has 0 saturated carbocycles. The maximum absolute atomic E-state index is 12.6. The van der Waals surface area contributed by atoms with Gasteiger partial charge in [-0.2, -0.15) is 13.2 Å². The molecule has 0 radical (unpaired) electrons. The smallest absolute Gasteiger partial charge is 0.389 e. The number of amides is 1. The largest absolute Gasteiger partial charge is 0.416 e. The Balaban J connectivity index is 2.45. The maximum Gasteiger partial charge on any atom is 0.416 e. The molecule has 0 saturated heterocycles. The van der Waals surface area contributed by atoms with E-state index >= 15 is 0 Å². The number of carbonyl (C=O) groups is 1. The number of alkyl halides is 3. The average molecular weight is 334 g/mol. The molecule has 0 heterocycles. The molecule has 8 heteroatoms. The van der Waals surface area contributed by atoms with Gasteiger partial charge < -0.3 is 20.1 Å². The number of hydrogen-bond acceptors (Lipinski definition) is 4. The maximum atomic E-state index is 12.6. The van der Waals surface area contributed by atoms with Crippen LogP contribution in [0.1, 0.15) is 12.0 Å². The highest BCUT2D eigenvalue weighted by atomic mass is 19.4. The molecule has 0 spiro atoms. The molecule has 1 aromatic carbocycles. The van der Waals surface area contributed by atoms with Gasteiger partial charge in [-0.3, -0.25) is 4.79 Å². The second-order valence-corrected chi connectivity index (χ2v) is 5.25. The quantitative estimate of drug-likeness (QED) is 0.763. The van der Waals surface area contributed by atoms with Gasteiger partial charge in [0.25, 0.3) is 0 Å². The molecule has 0 bridgehead atoms. The highest BCUT2D eigenvalue weighted by Gasteiger charge is 2.30. The van der Waals surface area contributed by atoms with Gasteiger partial charge in [0.15, 0.2) is 0 Å². The van der Waals surface area contributed by atoms with Gasteiger partial charge in [0.2, 0.25) is 5.91 Å². The Hall–Kier alpha value is -1.64. The molecule has 1 atom stereocenters. The minimum Gasteiger partial charge on any atom is -0.389 e. The van der Waals surface area contributed by atoms with Gasteiger partial charge in [-0.15, -0.1) is 0 Å². The lowest BCUT2D eigenvalue weighted by Gasteiger charge is -2.19. The third-order valence-electron chi connectivity index (χ3n) is 3.08. The van der Waals surface area contributed by atoms with E-state index < -0.39 is 23.8 Å². The zero-order chi connectivity index (χ0) is 17.5. The van der Waals surface area contributed by atoms with Crippen LogP contribution in [0.2, 0.25) is 0 Å². The first-order valence-corrected chi connectivity index (χ1v) is 7.05. The number of nitrogens with zero attached hydrogens (tertiary/aromatic N) is 1. The van der Waals surface area contributed by atoms with Gasteiger partial charge in [-0.1, -0.05) is 6.07 Å². The molecule has 23 heavy (non-hydrogen) atoms. The third-order valence-corrected chi connectivity index (χ3v) is 3.08. The number of halogens is 3. The number of nitrogens with one attached hydrogen (secondary N) is 1. The number of methoxy groups -OCH3 is 1. The fraction of sp³-hybridized carbons (Fsp3) is 0.533. The minimum atomic E-state index is -4.45. The molecular formula is C15H21F3N2O3. The summed E-state index contributed by atoms with van der Waals surface area (Å²) in [4.78, 5) is 13.5. The second kappa shape index (κ2) is 8.85.